The second-order valence-corrected chi connectivity index (χ2v) is 8.06. The molecule has 3 aromatic rings. The monoisotopic (exact) mass is 355 g/mol. The number of hydrogen-bond donors (Lipinski definition) is 0. The van der Waals surface area contributed by atoms with Crippen molar-refractivity contribution in [2.75, 3.05) is 0 Å². The Kier molecular flexibility index (Phi) is 4.52. The fourth-order valence-electron chi connectivity index (χ4n) is 2.95. The molecular weight excluding hydrogens is 334 g/mol. The van der Waals surface area contributed by atoms with E-state index >= 15 is 0 Å². The normalized spacial score (nSPS) is 11.8. The van der Waals surface area contributed by atoms with E-state index in [-0.39, 0.29) is 9.79 Å². The Bertz CT molecular complexity index is 1090. The van der Waals surface area contributed by atoms with E-state index < -0.39 is 15.3 Å². The van der Waals surface area contributed by atoms with Crippen molar-refractivity contribution in [3.05, 3.63) is 70.0 Å². The highest BCUT2D eigenvalue weighted by atomic mass is 32.2. The van der Waals surface area contributed by atoms with Crippen LogP contribution in [0.4, 0.5) is 0 Å². The molecule has 0 aliphatic carbocycles. The highest BCUT2D eigenvalue weighted by Crippen LogP contribution is 2.22. The molecular formula is C20H21NO3S. The lowest BCUT2D eigenvalue weighted by atomic mass is 10.1. The average Bonchev–Trinajstić information content (AvgIpc) is 2.64. The molecule has 3 rings (SSSR count). The van der Waals surface area contributed by atoms with Crippen LogP contribution < -0.4 is 5.43 Å². The van der Waals surface area contributed by atoms with Gasteiger partial charge in [-0.05, 0) is 48.2 Å². The molecule has 0 amide bonds. The average molecular weight is 355 g/mol. The predicted molar refractivity (Wildman–Crippen MR) is 99.8 cm³/mol. The Balaban J connectivity index is 2.26. The lowest BCUT2D eigenvalue weighted by Crippen LogP contribution is -2.18. The van der Waals surface area contributed by atoms with Crippen LogP contribution in [0.1, 0.15) is 25.0 Å². The van der Waals surface area contributed by atoms with Gasteiger partial charge in [-0.2, -0.15) is 0 Å². The molecule has 0 spiro atoms. The van der Waals surface area contributed by atoms with Gasteiger partial charge in [0.15, 0.2) is 0 Å². The minimum atomic E-state index is -3.86. The van der Waals surface area contributed by atoms with E-state index in [4.69, 9.17) is 0 Å². The molecule has 5 heteroatoms. The van der Waals surface area contributed by atoms with Crippen LogP contribution in [0.3, 0.4) is 0 Å². The van der Waals surface area contributed by atoms with Crippen molar-refractivity contribution in [1.29, 1.82) is 0 Å². The molecule has 0 bridgehead atoms. The Labute approximate surface area is 147 Å². The molecule has 2 aromatic carbocycles. The number of pyridine rings is 1. The van der Waals surface area contributed by atoms with E-state index in [2.05, 4.69) is 0 Å². The number of hydrogen-bond acceptors (Lipinski definition) is 3. The number of sulfone groups is 1. The predicted octanol–water partition coefficient (Wildman–Crippen LogP) is 3.50. The zero-order chi connectivity index (χ0) is 18.2. The van der Waals surface area contributed by atoms with E-state index in [1.807, 2.05) is 26.0 Å². The van der Waals surface area contributed by atoms with Crippen molar-refractivity contribution < 1.29 is 8.42 Å². The Morgan fingerprint density at radius 3 is 2.12 bits per heavy atom. The Hall–Kier alpha value is -2.40. The second kappa shape index (κ2) is 6.48. The first kappa shape index (κ1) is 17.4. The van der Waals surface area contributed by atoms with Crippen molar-refractivity contribution in [1.82, 2.24) is 4.57 Å². The first-order valence-corrected chi connectivity index (χ1v) is 9.83. The standard InChI is InChI=1S/C20H21NO3S/c1-4-14-6-9-16(10-7-14)25(23,24)19-13-21(3)18-11-8-15(5-2)12-17(18)20(19)22/h6-13H,4-5H2,1-3H3. The lowest BCUT2D eigenvalue weighted by molar-refractivity contribution is 0.594. The van der Waals surface area contributed by atoms with Gasteiger partial charge in [0.2, 0.25) is 15.3 Å². The maximum absolute atomic E-state index is 13.0. The third kappa shape index (κ3) is 3.00. The van der Waals surface area contributed by atoms with E-state index in [1.165, 1.54) is 6.20 Å². The topological polar surface area (TPSA) is 56.1 Å². The van der Waals surface area contributed by atoms with Crippen molar-refractivity contribution in [3.8, 4) is 0 Å². The smallest absolute Gasteiger partial charge is 0.211 e. The van der Waals surface area contributed by atoms with Crippen molar-refractivity contribution in [2.24, 2.45) is 7.05 Å². The van der Waals surface area contributed by atoms with Gasteiger partial charge in [0.05, 0.1) is 10.4 Å². The summed E-state index contributed by atoms with van der Waals surface area (Å²) in [6.45, 7) is 4.01. The largest absolute Gasteiger partial charge is 0.349 e. The number of rotatable bonds is 4. The maximum Gasteiger partial charge on any atom is 0.211 e. The molecule has 0 atom stereocenters. The molecule has 0 aliphatic heterocycles. The highest BCUT2D eigenvalue weighted by molar-refractivity contribution is 7.91. The lowest BCUT2D eigenvalue weighted by Gasteiger charge is -2.11. The van der Waals surface area contributed by atoms with Crippen LogP contribution in [0.25, 0.3) is 10.9 Å². The fraction of sp³-hybridized carbons (Fsp3) is 0.250. The summed E-state index contributed by atoms with van der Waals surface area (Å²) in [5.41, 5.74) is 2.34. The minimum Gasteiger partial charge on any atom is -0.349 e. The summed E-state index contributed by atoms with van der Waals surface area (Å²) in [5.74, 6) is 0. The molecule has 0 aliphatic rings. The van der Waals surface area contributed by atoms with Crippen molar-refractivity contribution in [3.63, 3.8) is 0 Å². The van der Waals surface area contributed by atoms with E-state index in [0.717, 1.165) is 29.5 Å². The van der Waals surface area contributed by atoms with Crippen molar-refractivity contribution in [2.45, 2.75) is 36.5 Å². The molecule has 1 heterocycles. The van der Waals surface area contributed by atoms with Gasteiger partial charge >= 0.3 is 0 Å². The molecule has 130 valence electrons. The summed E-state index contributed by atoms with van der Waals surface area (Å²) in [4.78, 5) is 12.9. The number of fused-ring (bicyclic) bond motifs is 1. The van der Waals surface area contributed by atoms with Gasteiger partial charge in [-0.3, -0.25) is 4.79 Å². The second-order valence-electron chi connectivity index (χ2n) is 6.14. The summed E-state index contributed by atoms with van der Waals surface area (Å²) < 4.78 is 27.7. The number of aromatic nitrogens is 1. The molecule has 0 N–H and O–H groups in total. The van der Waals surface area contributed by atoms with Crippen LogP contribution in [0.5, 0.6) is 0 Å². The van der Waals surface area contributed by atoms with Gasteiger partial charge in [-0.1, -0.05) is 32.0 Å². The van der Waals surface area contributed by atoms with Gasteiger partial charge in [0.1, 0.15) is 4.90 Å². The quantitative estimate of drug-likeness (QED) is 0.720. The highest BCUT2D eigenvalue weighted by Gasteiger charge is 2.23. The molecule has 25 heavy (non-hydrogen) atoms. The number of benzene rings is 2. The van der Waals surface area contributed by atoms with Crippen LogP contribution in [0.2, 0.25) is 0 Å². The van der Waals surface area contributed by atoms with Gasteiger partial charge in [0.25, 0.3) is 0 Å². The van der Waals surface area contributed by atoms with Crippen LogP contribution in [0.15, 0.2) is 63.2 Å². The van der Waals surface area contributed by atoms with Crippen LogP contribution in [0, 0.1) is 0 Å². The summed E-state index contributed by atoms with van der Waals surface area (Å²) in [6, 6.07) is 12.3. The first-order chi connectivity index (χ1) is 11.9. The first-order valence-electron chi connectivity index (χ1n) is 8.34. The van der Waals surface area contributed by atoms with E-state index in [0.29, 0.717) is 5.39 Å². The molecule has 0 saturated carbocycles. The molecule has 4 nitrogen and oxygen atoms in total. The van der Waals surface area contributed by atoms with Gasteiger partial charge < -0.3 is 4.57 Å². The van der Waals surface area contributed by atoms with Crippen LogP contribution in [-0.2, 0) is 29.7 Å². The molecule has 0 unspecified atom stereocenters. The van der Waals surface area contributed by atoms with Crippen LogP contribution >= 0.6 is 0 Å². The fourth-order valence-corrected chi connectivity index (χ4v) is 4.35. The SMILES string of the molecule is CCc1ccc(S(=O)(=O)c2cn(C)c3ccc(CC)cc3c2=O)cc1. The van der Waals surface area contributed by atoms with Crippen LogP contribution in [-0.4, -0.2) is 13.0 Å². The molecule has 0 radical (unpaired) electrons. The number of aryl methyl sites for hydroxylation is 3. The Morgan fingerprint density at radius 2 is 1.52 bits per heavy atom. The van der Waals surface area contributed by atoms with Gasteiger partial charge in [-0.25, -0.2) is 8.42 Å². The van der Waals surface area contributed by atoms with Gasteiger partial charge in [0, 0.05) is 18.6 Å². The summed E-state index contributed by atoms with van der Waals surface area (Å²) in [6.07, 6.45) is 3.03. The number of nitrogens with zero attached hydrogens (tertiary/aromatic N) is 1. The van der Waals surface area contributed by atoms with E-state index in [1.54, 1.807) is 41.9 Å². The summed E-state index contributed by atoms with van der Waals surface area (Å²) in [7, 11) is -2.10. The van der Waals surface area contributed by atoms with Crippen molar-refractivity contribution >= 4 is 20.7 Å². The molecule has 1 aromatic heterocycles. The maximum atomic E-state index is 13.0. The third-order valence-corrected chi connectivity index (χ3v) is 6.32. The van der Waals surface area contributed by atoms with Gasteiger partial charge in [-0.15, -0.1) is 0 Å². The minimum absolute atomic E-state index is 0.146. The summed E-state index contributed by atoms with van der Waals surface area (Å²) >= 11 is 0. The van der Waals surface area contributed by atoms with E-state index in [9.17, 15) is 13.2 Å². The zero-order valence-corrected chi connectivity index (χ0v) is 15.4. The molecule has 0 fully saturated rings. The summed E-state index contributed by atoms with van der Waals surface area (Å²) in [5, 5.41) is 0.438. The molecule has 0 saturated heterocycles. The Morgan fingerprint density at radius 1 is 0.920 bits per heavy atom. The zero-order valence-electron chi connectivity index (χ0n) is 14.6. The third-order valence-electron chi connectivity index (χ3n) is 4.56.